The Hall–Kier alpha value is -0.120. The first kappa shape index (κ1) is 11.9. The van der Waals surface area contributed by atoms with Crippen molar-refractivity contribution in [3.8, 4) is 0 Å². The fourth-order valence-corrected chi connectivity index (χ4v) is 4.05. The van der Waals surface area contributed by atoms with E-state index in [1.807, 2.05) is 0 Å². The van der Waals surface area contributed by atoms with Gasteiger partial charge in [0.25, 0.3) is 0 Å². The summed E-state index contributed by atoms with van der Waals surface area (Å²) in [5, 5.41) is 3.49. The summed E-state index contributed by atoms with van der Waals surface area (Å²) in [6, 6.07) is 1.48. The lowest BCUT2D eigenvalue weighted by Gasteiger charge is -2.46. The summed E-state index contributed by atoms with van der Waals surface area (Å²) < 4.78 is 6.14. The maximum Gasteiger partial charge on any atom is 0.0697 e. The molecular weight excluding hydrogens is 212 g/mol. The minimum Gasteiger partial charge on any atom is -0.375 e. The van der Waals surface area contributed by atoms with E-state index < -0.39 is 0 Å². The molecule has 3 heteroatoms. The molecular formula is C14H26N2O. The Bertz CT molecular complexity index is 263. The third kappa shape index (κ3) is 2.38. The van der Waals surface area contributed by atoms with Gasteiger partial charge in [-0.15, -0.1) is 0 Å². The molecule has 2 saturated heterocycles. The van der Waals surface area contributed by atoms with Gasteiger partial charge < -0.3 is 10.1 Å². The monoisotopic (exact) mass is 238 g/mol. The number of rotatable bonds is 1. The quantitative estimate of drug-likeness (QED) is 0.753. The molecule has 0 amide bonds. The van der Waals surface area contributed by atoms with Gasteiger partial charge in [0.15, 0.2) is 0 Å². The van der Waals surface area contributed by atoms with Crippen LogP contribution >= 0.6 is 0 Å². The molecule has 0 bridgehead atoms. The highest BCUT2D eigenvalue weighted by molar-refractivity contribution is 4.96. The van der Waals surface area contributed by atoms with Crippen LogP contribution in [-0.4, -0.2) is 48.8 Å². The zero-order valence-electron chi connectivity index (χ0n) is 11.1. The van der Waals surface area contributed by atoms with Crippen molar-refractivity contribution in [3.05, 3.63) is 0 Å². The smallest absolute Gasteiger partial charge is 0.0697 e. The Kier molecular flexibility index (Phi) is 3.42. The first-order valence-corrected chi connectivity index (χ1v) is 7.40. The zero-order chi connectivity index (χ0) is 11.7. The molecule has 1 aliphatic carbocycles. The highest BCUT2D eigenvalue weighted by atomic mass is 16.5. The van der Waals surface area contributed by atoms with Gasteiger partial charge in [-0.25, -0.2) is 0 Å². The molecule has 1 saturated carbocycles. The molecule has 0 aromatic rings. The van der Waals surface area contributed by atoms with Crippen LogP contribution in [0.25, 0.3) is 0 Å². The third-order valence-electron chi connectivity index (χ3n) is 5.00. The van der Waals surface area contributed by atoms with Crippen molar-refractivity contribution in [2.75, 3.05) is 26.2 Å². The minimum absolute atomic E-state index is 0.271. The topological polar surface area (TPSA) is 24.5 Å². The highest BCUT2D eigenvalue weighted by Gasteiger charge is 2.42. The van der Waals surface area contributed by atoms with Crippen LogP contribution in [0.4, 0.5) is 0 Å². The van der Waals surface area contributed by atoms with Gasteiger partial charge >= 0.3 is 0 Å². The first-order chi connectivity index (χ1) is 8.29. The summed E-state index contributed by atoms with van der Waals surface area (Å²) >= 11 is 0. The first-order valence-electron chi connectivity index (χ1n) is 7.40. The molecule has 0 aromatic carbocycles. The zero-order valence-corrected chi connectivity index (χ0v) is 11.1. The molecule has 2 aliphatic heterocycles. The van der Waals surface area contributed by atoms with Crippen LogP contribution in [0, 0.1) is 0 Å². The van der Waals surface area contributed by atoms with Crippen molar-refractivity contribution in [2.45, 2.75) is 63.1 Å². The number of nitrogens with one attached hydrogen (secondary N) is 1. The number of piperazine rings is 1. The van der Waals surface area contributed by atoms with E-state index in [1.54, 1.807) is 0 Å². The summed E-state index contributed by atoms with van der Waals surface area (Å²) in [6.45, 7) is 6.89. The molecule has 2 heterocycles. The van der Waals surface area contributed by atoms with Gasteiger partial charge in [0.05, 0.1) is 5.60 Å². The molecule has 3 fully saturated rings. The lowest BCUT2D eigenvalue weighted by Crippen LogP contribution is -2.57. The van der Waals surface area contributed by atoms with Crippen molar-refractivity contribution in [3.63, 3.8) is 0 Å². The lowest BCUT2D eigenvalue weighted by atomic mass is 9.87. The summed E-state index contributed by atoms with van der Waals surface area (Å²) in [5.74, 6) is 0. The SMILES string of the molecule is CC1CNCCN1C1CCOC2(CCCC2)C1. The van der Waals surface area contributed by atoms with Crippen LogP contribution in [0.1, 0.15) is 45.4 Å². The average molecular weight is 238 g/mol. The predicted molar refractivity (Wildman–Crippen MR) is 69.2 cm³/mol. The molecule has 2 unspecified atom stereocenters. The van der Waals surface area contributed by atoms with Crippen molar-refractivity contribution < 1.29 is 4.74 Å². The van der Waals surface area contributed by atoms with E-state index in [9.17, 15) is 0 Å². The lowest BCUT2D eigenvalue weighted by molar-refractivity contribution is -0.107. The molecule has 0 radical (unpaired) electrons. The van der Waals surface area contributed by atoms with Gasteiger partial charge in [-0.3, -0.25) is 4.90 Å². The molecule has 3 aliphatic rings. The Morgan fingerprint density at radius 1 is 1.29 bits per heavy atom. The summed E-state index contributed by atoms with van der Waals surface area (Å²) in [6.07, 6.45) is 7.91. The molecule has 17 heavy (non-hydrogen) atoms. The van der Waals surface area contributed by atoms with Crippen LogP contribution in [0.2, 0.25) is 0 Å². The maximum atomic E-state index is 6.14. The Labute approximate surface area is 105 Å². The molecule has 2 atom stereocenters. The average Bonchev–Trinajstić information content (AvgIpc) is 2.78. The largest absolute Gasteiger partial charge is 0.375 e. The molecule has 98 valence electrons. The second-order valence-corrected chi connectivity index (χ2v) is 6.18. The number of hydrogen-bond acceptors (Lipinski definition) is 3. The molecule has 3 nitrogen and oxygen atoms in total. The summed E-state index contributed by atoms with van der Waals surface area (Å²) in [4.78, 5) is 2.74. The Morgan fingerprint density at radius 2 is 2.12 bits per heavy atom. The van der Waals surface area contributed by atoms with E-state index in [0.717, 1.165) is 25.7 Å². The fraction of sp³-hybridized carbons (Fsp3) is 1.00. The van der Waals surface area contributed by atoms with Crippen LogP contribution < -0.4 is 5.32 Å². The summed E-state index contributed by atoms with van der Waals surface area (Å²) in [5.41, 5.74) is 0.271. The normalized spacial score (nSPS) is 38.6. The van der Waals surface area contributed by atoms with Gasteiger partial charge in [0, 0.05) is 38.3 Å². The van der Waals surface area contributed by atoms with E-state index in [0.29, 0.717) is 6.04 Å². The molecule has 1 spiro atoms. The van der Waals surface area contributed by atoms with E-state index in [-0.39, 0.29) is 5.60 Å². The Balaban J connectivity index is 1.66. The van der Waals surface area contributed by atoms with Crippen molar-refractivity contribution >= 4 is 0 Å². The van der Waals surface area contributed by atoms with Crippen molar-refractivity contribution in [1.29, 1.82) is 0 Å². The number of hydrogen-bond donors (Lipinski definition) is 1. The minimum atomic E-state index is 0.271. The van der Waals surface area contributed by atoms with Gasteiger partial charge in [-0.2, -0.15) is 0 Å². The van der Waals surface area contributed by atoms with Crippen LogP contribution in [0.5, 0.6) is 0 Å². The van der Waals surface area contributed by atoms with E-state index in [1.165, 1.54) is 45.1 Å². The summed E-state index contributed by atoms with van der Waals surface area (Å²) in [7, 11) is 0. The van der Waals surface area contributed by atoms with Crippen molar-refractivity contribution in [2.24, 2.45) is 0 Å². The van der Waals surface area contributed by atoms with E-state index >= 15 is 0 Å². The maximum absolute atomic E-state index is 6.14. The van der Waals surface area contributed by atoms with Crippen LogP contribution in [0.3, 0.4) is 0 Å². The molecule has 1 N–H and O–H groups in total. The highest BCUT2D eigenvalue weighted by Crippen LogP contribution is 2.41. The second-order valence-electron chi connectivity index (χ2n) is 6.18. The Morgan fingerprint density at radius 3 is 2.88 bits per heavy atom. The van der Waals surface area contributed by atoms with Gasteiger partial charge in [0.1, 0.15) is 0 Å². The third-order valence-corrected chi connectivity index (χ3v) is 5.00. The van der Waals surface area contributed by atoms with Crippen LogP contribution in [0.15, 0.2) is 0 Å². The molecule has 3 rings (SSSR count). The standard InChI is InChI=1S/C14H26N2O/c1-12-11-15-7-8-16(12)13-4-9-17-14(10-13)5-2-3-6-14/h12-13,15H,2-11H2,1H3. The van der Waals surface area contributed by atoms with Crippen LogP contribution in [-0.2, 0) is 4.74 Å². The fourth-order valence-electron chi connectivity index (χ4n) is 4.05. The van der Waals surface area contributed by atoms with E-state index in [2.05, 4.69) is 17.1 Å². The van der Waals surface area contributed by atoms with Gasteiger partial charge in [0.2, 0.25) is 0 Å². The number of ether oxygens (including phenoxy) is 1. The van der Waals surface area contributed by atoms with Gasteiger partial charge in [-0.1, -0.05) is 12.8 Å². The number of nitrogens with zero attached hydrogens (tertiary/aromatic N) is 1. The van der Waals surface area contributed by atoms with Crippen molar-refractivity contribution in [1.82, 2.24) is 10.2 Å². The second kappa shape index (κ2) is 4.87. The van der Waals surface area contributed by atoms with Gasteiger partial charge in [-0.05, 0) is 32.6 Å². The predicted octanol–water partition coefficient (Wildman–Crippen LogP) is 1.77. The van der Waals surface area contributed by atoms with E-state index in [4.69, 9.17) is 4.74 Å². The molecule has 0 aromatic heterocycles.